The molecular formula is C12H19NO2S. The van der Waals surface area contributed by atoms with E-state index < -0.39 is 9.84 Å². The Kier molecular flexibility index (Phi) is 4.47. The van der Waals surface area contributed by atoms with Gasteiger partial charge in [-0.1, -0.05) is 20.3 Å². The summed E-state index contributed by atoms with van der Waals surface area (Å²) in [4.78, 5) is 4.55. The maximum absolute atomic E-state index is 11.3. The van der Waals surface area contributed by atoms with Crippen LogP contribution in [0.1, 0.15) is 44.7 Å². The van der Waals surface area contributed by atoms with Crippen molar-refractivity contribution in [2.45, 2.75) is 43.9 Å². The van der Waals surface area contributed by atoms with E-state index in [0.717, 1.165) is 25.0 Å². The van der Waals surface area contributed by atoms with E-state index in [-0.39, 0.29) is 0 Å². The smallest absolute Gasteiger partial charge is 0.177 e. The van der Waals surface area contributed by atoms with Gasteiger partial charge in [0.05, 0.1) is 4.90 Å². The van der Waals surface area contributed by atoms with Gasteiger partial charge in [0.25, 0.3) is 0 Å². The van der Waals surface area contributed by atoms with Crippen LogP contribution in [0.15, 0.2) is 23.2 Å². The van der Waals surface area contributed by atoms with E-state index in [2.05, 4.69) is 18.8 Å². The zero-order valence-corrected chi connectivity index (χ0v) is 10.9. The summed E-state index contributed by atoms with van der Waals surface area (Å²) in [5.41, 5.74) is 0.997. The molecule has 0 bridgehead atoms. The van der Waals surface area contributed by atoms with Crippen LogP contribution in [0, 0.1) is 0 Å². The second kappa shape index (κ2) is 5.43. The Morgan fingerprint density at radius 3 is 2.38 bits per heavy atom. The lowest BCUT2D eigenvalue weighted by Gasteiger charge is -2.13. The molecule has 0 saturated carbocycles. The first kappa shape index (κ1) is 13.2. The highest BCUT2D eigenvalue weighted by molar-refractivity contribution is 7.90. The normalized spacial score (nSPS) is 13.7. The van der Waals surface area contributed by atoms with E-state index in [0.29, 0.717) is 10.8 Å². The Morgan fingerprint density at radius 2 is 2.00 bits per heavy atom. The number of hydrogen-bond acceptors (Lipinski definition) is 3. The third-order valence-corrected chi connectivity index (χ3v) is 3.83. The third kappa shape index (κ3) is 3.30. The molecule has 16 heavy (non-hydrogen) atoms. The van der Waals surface area contributed by atoms with Crippen molar-refractivity contribution in [3.8, 4) is 0 Å². The van der Waals surface area contributed by atoms with Gasteiger partial charge in [0.2, 0.25) is 0 Å². The van der Waals surface area contributed by atoms with E-state index >= 15 is 0 Å². The van der Waals surface area contributed by atoms with Crippen LogP contribution in [-0.2, 0) is 9.84 Å². The summed E-state index contributed by atoms with van der Waals surface area (Å²) < 4.78 is 22.5. The highest BCUT2D eigenvalue weighted by atomic mass is 32.2. The largest absolute Gasteiger partial charge is 0.260 e. The molecule has 0 fully saturated rings. The molecule has 1 aromatic heterocycles. The molecule has 0 amide bonds. The second-order valence-corrected chi connectivity index (χ2v) is 6.10. The molecule has 0 aromatic carbocycles. The van der Waals surface area contributed by atoms with E-state index in [9.17, 15) is 8.42 Å². The van der Waals surface area contributed by atoms with Crippen molar-refractivity contribution in [3.63, 3.8) is 0 Å². The average Bonchev–Trinajstić information content (AvgIpc) is 2.25. The molecule has 1 unspecified atom stereocenters. The Bertz CT molecular complexity index is 423. The minimum absolute atomic E-state index is 0.294. The van der Waals surface area contributed by atoms with Gasteiger partial charge in [-0.05, 0) is 25.0 Å². The molecule has 90 valence electrons. The molecule has 3 nitrogen and oxygen atoms in total. The molecular weight excluding hydrogens is 222 g/mol. The molecule has 0 aliphatic carbocycles. The molecule has 0 aliphatic heterocycles. The molecule has 4 heteroatoms. The van der Waals surface area contributed by atoms with E-state index in [1.54, 1.807) is 6.07 Å². The minimum atomic E-state index is -3.13. The van der Waals surface area contributed by atoms with Crippen LogP contribution >= 0.6 is 0 Å². The molecule has 0 spiro atoms. The predicted molar refractivity (Wildman–Crippen MR) is 65.3 cm³/mol. The van der Waals surface area contributed by atoms with E-state index in [4.69, 9.17) is 0 Å². The van der Waals surface area contributed by atoms with Crippen molar-refractivity contribution < 1.29 is 8.42 Å². The average molecular weight is 241 g/mol. The fourth-order valence-electron chi connectivity index (χ4n) is 1.76. The minimum Gasteiger partial charge on any atom is -0.260 e. The standard InChI is InChI=1S/C12H19NO2S/c1-4-6-10(5-2)12-8-7-11(9-13-12)16(3,14)15/h7-10H,4-6H2,1-3H3. The Hall–Kier alpha value is -0.900. The first-order valence-electron chi connectivity index (χ1n) is 5.65. The number of aromatic nitrogens is 1. The summed E-state index contributed by atoms with van der Waals surface area (Å²) in [6, 6.07) is 3.48. The van der Waals surface area contributed by atoms with Crippen LogP contribution < -0.4 is 0 Å². The quantitative estimate of drug-likeness (QED) is 0.796. The third-order valence-electron chi connectivity index (χ3n) is 2.74. The fraction of sp³-hybridized carbons (Fsp3) is 0.583. The number of sulfone groups is 1. The lowest BCUT2D eigenvalue weighted by molar-refractivity contribution is 0.578. The molecule has 0 radical (unpaired) electrons. The van der Waals surface area contributed by atoms with E-state index in [1.807, 2.05) is 6.07 Å². The van der Waals surface area contributed by atoms with Crippen LogP contribution in [0.4, 0.5) is 0 Å². The molecule has 0 saturated heterocycles. The van der Waals surface area contributed by atoms with Crippen molar-refractivity contribution in [2.24, 2.45) is 0 Å². The number of hydrogen-bond donors (Lipinski definition) is 0. The maximum atomic E-state index is 11.3. The summed E-state index contributed by atoms with van der Waals surface area (Å²) >= 11 is 0. The summed E-state index contributed by atoms with van der Waals surface area (Å²) in [5, 5.41) is 0. The van der Waals surface area contributed by atoms with E-state index in [1.165, 1.54) is 12.5 Å². The number of pyridine rings is 1. The first-order valence-corrected chi connectivity index (χ1v) is 7.54. The van der Waals surface area contributed by atoms with Crippen molar-refractivity contribution in [1.82, 2.24) is 4.98 Å². The maximum Gasteiger partial charge on any atom is 0.177 e. The summed E-state index contributed by atoms with van der Waals surface area (Å²) in [7, 11) is -3.13. The summed E-state index contributed by atoms with van der Waals surface area (Å²) in [5.74, 6) is 0.443. The molecule has 1 rings (SSSR count). The Labute approximate surface area is 97.8 Å². The van der Waals surface area contributed by atoms with Gasteiger partial charge < -0.3 is 0 Å². The van der Waals surface area contributed by atoms with Crippen LogP contribution in [0.3, 0.4) is 0 Å². The molecule has 0 N–H and O–H groups in total. The summed E-state index contributed by atoms with van der Waals surface area (Å²) in [6.45, 7) is 4.28. The molecule has 0 aliphatic rings. The molecule has 1 aromatic rings. The van der Waals surface area contributed by atoms with Gasteiger partial charge in [-0.3, -0.25) is 4.98 Å². The van der Waals surface area contributed by atoms with Gasteiger partial charge >= 0.3 is 0 Å². The van der Waals surface area contributed by atoms with Gasteiger partial charge in [-0.25, -0.2) is 8.42 Å². The van der Waals surface area contributed by atoms with Gasteiger partial charge in [-0.15, -0.1) is 0 Å². The zero-order chi connectivity index (χ0) is 12.2. The van der Waals surface area contributed by atoms with Crippen LogP contribution in [0.2, 0.25) is 0 Å². The van der Waals surface area contributed by atoms with Gasteiger partial charge in [0.15, 0.2) is 9.84 Å². The highest BCUT2D eigenvalue weighted by Gasteiger charge is 2.12. The Balaban J connectivity index is 2.93. The van der Waals surface area contributed by atoms with Crippen molar-refractivity contribution in [3.05, 3.63) is 24.0 Å². The molecule has 1 heterocycles. The predicted octanol–water partition coefficient (Wildman–Crippen LogP) is 2.78. The van der Waals surface area contributed by atoms with Gasteiger partial charge in [-0.2, -0.15) is 0 Å². The van der Waals surface area contributed by atoms with Crippen LogP contribution in [0.25, 0.3) is 0 Å². The van der Waals surface area contributed by atoms with Crippen LogP contribution in [-0.4, -0.2) is 19.7 Å². The lowest BCUT2D eigenvalue weighted by Crippen LogP contribution is -2.03. The number of rotatable bonds is 5. The van der Waals surface area contributed by atoms with Crippen LogP contribution in [0.5, 0.6) is 0 Å². The first-order chi connectivity index (χ1) is 7.49. The van der Waals surface area contributed by atoms with Crippen molar-refractivity contribution in [2.75, 3.05) is 6.26 Å². The van der Waals surface area contributed by atoms with Gasteiger partial charge in [0, 0.05) is 24.1 Å². The Morgan fingerprint density at radius 1 is 1.31 bits per heavy atom. The highest BCUT2D eigenvalue weighted by Crippen LogP contribution is 2.23. The second-order valence-electron chi connectivity index (χ2n) is 4.08. The lowest BCUT2D eigenvalue weighted by atomic mass is 9.96. The number of nitrogens with zero attached hydrogens (tertiary/aromatic N) is 1. The topological polar surface area (TPSA) is 47.0 Å². The monoisotopic (exact) mass is 241 g/mol. The fourth-order valence-corrected chi connectivity index (χ4v) is 2.32. The summed E-state index contributed by atoms with van der Waals surface area (Å²) in [6.07, 6.45) is 5.92. The molecule has 1 atom stereocenters. The SMILES string of the molecule is CCCC(CC)c1ccc(S(C)(=O)=O)cn1. The van der Waals surface area contributed by atoms with Gasteiger partial charge in [0.1, 0.15) is 0 Å². The van der Waals surface area contributed by atoms with Crippen molar-refractivity contribution >= 4 is 9.84 Å². The van der Waals surface area contributed by atoms with Crippen molar-refractivity contribution in [1.29, 1.82) is 0 Å². The zero-order valence-electron chi connectivity index (χ0n) is 10.1.